The quantitative estimate of drug-likeness (QED) is 0.676. The van der Waals surface area contributed by atoms with Crippen molar-refractivity contribution >= 4 is 5.91 Å². The van der Waals surface area contributed by atoms with Gasteiger partial charge in [-0.15, -0.1) is 0 Å². The van der Waals surface area contributed by atoms with Gasteiger partial charge in [0.1, 0.15) is 5.82 Å². The van der Waals surface area contributed by atoms with Crippen molar-refractivity contribution < 1.29 is 18.3 Å². The lowest BCUT2D eigenvalue weighted by atomic mass is 10.2. The molecule has 1 aromatic heterocycles. The van der Waals surface area contributed by atoms with Crippen LogP contribution in [0.15, 0.2) is 30.6 Å². The molecular formula is C21H28F2N4O2. The summed E-state index contributed by atoms with van der Waals surface area (Å²) < 4.78 is 33.9. The van der Waals surface area contributed by atoms with Gasteiger partial charge in [-0.2, -0.15) is 0 Å². The fourth-order valence-electron chi connectivity index (χ4n) is 3.36. The first-order chi connectivity index (χ1) is 13.9. The molecule has 0 atom stereocenters. The number of ether oxygens (including phenoxy) is 1. The van der Waals surface area contributed by atoms with Crippen LogP contribution in [0.25, 0.3) is 0 Å². The van der Waals surface area contributed by atoms with E-state index in [1.165, 1.54) is 6.07 Å². The molecule has 0 radical (unpaired) electrons. The second-order valence-corrected chi connectivity index (χ2v) is 7.59. The van der Waals surface area contributed by atoms with Crippen molar-refractivity contribution in [3.8, 4) is 0 Å². The summed E-state index contributed by atoms with van der Waals surface area (Å²) in [7, 11) is 0. The fourth-order valence-corrected chi connectivity index (χ4v) is 3.36. The summed E-state index contributed by atoms with van der Waals surface area (Å²) in [5.41, 5.74) is 0.637. The van der Waals surface area contributed by atoms with Crippen molar-refractivity contribution in [2.75, 3.05) is 39.4 Å². The van der Waals surface area contributed by atoms with Crippen molar-refractivity contribution in [2.24, 2.45) is 5.92 Å². The molecule has 1 aliphatic rings. The number of hydrogen-bond acceptors (Lipinski definition) is 4. The highest BCUT2D eigenvalue weighted by atomic mass is 19.2. The van der Waals surface area contributed by atoms with E-state index in [0.717, 1.165) is 38.9 Å². The van der Waals surface area contributed by atoms with Crippen LogP contribution >= 0.6 is 0 Å². The van der Waals surface area contributed by atoms with Gasteiger partial charge in [-0.1, -0.05) is 19.9 Å². The molecule has 2 aromatic rings. The Morgan fingerprint density at radius 2 is 2.00 bits per heavy atom. The van der Waals surface area contributed by atoms with Gasteiger partial charge in [0.05, 0.1) is 19.8 Å². The SMILES string of the molecule is CC(C)C(=O)N(CCN1CCOCC1)Cc1nccn1Cc1ccc(F)c(F)c1. The lowest BCUT2D eigenvalue weighted by molar-refractivity contribution is -0.135. The Balaban J connectivity index is 1.69. The van der Waals surface area contributed by atoms with Crippen LogP contribution in [0.5, 0.6) is 0 Å². The molecule has 0 N–H and O–H groups in total. The van der Waals surface area contributed by atoms with Gasteiger partial charge in [0.25, 0.3) is 0 Å². The Labute approximate surface area is 170 Å². The van der Waals surface area contributed by atoms with Crippen molar-refractivity contribution in [2.45, 2.75) is 26.9 Å². The second kappa shape index (κ2) is 9.93. The Hall–Kier alpha value is -2.32. The standard InChI is InChI=1S/C21H28F2N4O2/c1-16(2)21(28)27(8-7-25-9-11-29-12-10-25)15-20-24-5-6-26(20)14-17-3-4-18(22)19(23)13-17/h3-6,13,16H,7-12,14-15H2,1-2H3. The summed E-state index contributed by atoms with van der Waals surface area (Å²) in [5, 5.41) is 0. The number of aromatic nitrogens is 2. The van der Waals surface area contributed by atoms with Gasteiger partial charge in [0.2, 0.25) is 5.91 Å². The maximum Gasteiger partial charge on any atom is 0.225 e. The summed E-state index contributed by atoms with van der Waals surface area (Å²) >= 11 is 0. The summed E-state index contributed by atoms with van der Waals surface area (Å²) in [6.07, 6.45) is 3.45. The van der Waals surface area contributed by atoms with E-state index >= 15 is 0 Å². The van der Waals surface area contributed by atoms with Crippen LogP contribution in [-0.2, 0) is 22.6 Å². The first-order valence-electron chi connectivity index (χ1n) is 9.97. The molecule has 6 nitrogen and oxygen atoms in total. The third kappa shape index (κ3) is 5.83. The number of halogens is 2. The third-order valence-corrected chi connectivity index (χ3v) is 5.07. The molecule has 8 heteroatoms. The highest BCUT2D eigenvalue weighted by Crippen LogP contribution is 2.13. The second-order valence-electron chi connectivity index (χ2n) is 7.59. The average Bonchev–Trinajstić information content (AvgIpc) is 3.14. The van der Waals surface area contributed by atoms with Crippen LogP contribution in [0.4, 0.5) is 8.78 Å². The van der Waals surface area contributed by atoms with Crippen LogP contribution in [-0.4, -0.2) is 64.7 Å². The van der Waals surface area contributed by atoms with E-state index in [0.29, 0.717) is 31.0 Å². The normalized spacial score (nSPS) is 15.1. The molecule has 158 valence electrons. The predicted molar refractivity (Wildman–Crippen MR) is 105 cm³/mol. The van der Waals surface area contributed by atoms with Crippen LogP contribution in [0, 0.1) is 17.6 Å². The Morgan fingerprint density at radius 3 is 2.69 bits per heavy atom. The van der Waals surface area contributed by atoms with E-state index in [1.807, 2.05) is 23.3 Å². The number of amides is 1. The van der Waals surface area contributed by atoms with Crippen LogP contribution in [0.1, 0.15) is 25.2 Å². The number of benzene rings is 1. The molecule has 0 saturated carbocycles. The minimum absolute atomic E-state index is 0.0700. The number of carbonyl (C=O) groups is 1. The van der Waals surface area contributed by atoms with Crippen molar-refractivity contribution in [3.63, 3.8) is 0 Å². The maximum atomic E-state index is 13.5. The van der Waals surface area contributed by atoms with E-state index in [2.05, 4.69) is 9.88 Å². The van der Waals surface area contributed by atoms with E-state index in [1.54, 1.807) is 18.5 Å². The first kappa shape index (κ1) is 21.4. The Kier molecular flexibility index (Phi) is 7.33. The monoisotopic (exact) mass is 406 g/mol. The van der Waals surface area contributed by atoms with Crippen LogP contribution < -0.4 is 0 Å². The number of carbonyl (C=O) groups excluding carboxylic acids is 1. The van der Waals surface area contributed by atoms with E-state index in [4.69, 9.17) is 4.74 Å². The number of rotatable bonds is 8. The predicted octanol–water partition coefficient (Wildman–Crippen LogP) is 2.53. The molecule has 0 spiro atoms. The van der Waals surface area contributed by atoms with Gasteiger partial charge in [-0.3, -0.25) is 9.69 Å². The van der Waals surface area contributed by atoms with Crippen molar-refractivity contribution in [1.82, 2.24) is 19.4 Å². The highest BCUT2D eigenvalue weighted by Gasteiger charge is 2.21. The molecule has 0 bridgehead atoms. The summed E-state index contributed by atoms with van der Waals surface area (Å²) in [5.74, 6) is -1.07. The topological polar surface area (TPSA) is 50.6 Å². The Morgan fingerprint density at radius 1 is 1.24 bits per heavy atom. The molecule has 29 heavy (non-hydrogen) atoms. The minimum Gasteiger partial charge on any atom is -0.379 e. The Bertz CT molecular complexity index is 819. The highest BCUT2D eigenvalue weighted by molar-refractivity contribution is 5.78. The van der Waals surface area contributed by atoms with Gasteiger partial charge in [0.15, 0.2) is 11.6 Å². The summed E-state index contributed by atoms with van der Waals surface area (Å²) in [6.45, 7) is 9.07. The van der Waals surface area contributed by atoms with Crippen LogP contribution in [0.2, 0.25) is 0 Å². The molecule has 1 aromatic carbocycles. The summed E-state index contributed by atoms with van der Waals surface area (Å²) in [4.78, 5) is 21.3. The molecule has 0 aliphatic carbocycles. The molecule has 3 rings (SSSR count). The largest absolute Gasteiger partial charge is 0.379 e. The smallest absolute Gasteiger partial charge is 0.225 e. The maximum absolute atomic E-state index is 13.5. The number of hydrogen-bond donors (Lipinski definition) is 0. The number of imidazole rings is 1. The van der Waals surface area contributed by atoms with Gasteiger partial charge < -0.3 is 14.2 Å². The van der Waals surface area contributed by atoms with E-state index < -0.39 is 11.6 Å². The molecule has 2 heterocycles. The van der Waals surface area contributed by atoms with Gasteiger partial charge >= 0.3 is 0 Å². The first-order valence-corrected chi connectivity index (χ1v) is 9.97. The third-order valence-electron chi connectivity index (χ3n) is 5.07. The molecule has 0 unspecified atom stereocenters. The molecular weight excluding hydrogens is 378 g/mol. The zero-order valence-electron chi connectivity index (χ0n) is 17.0. The number of nitrogens with zero attached hydrogens (tertiary/aromatic N) is 4. The van der Waals surface area contributed by atoms with Crippen molar-refractivity contribution in [1.29, 1.82) is 0 Å². The van der Waals surface area contributed by atoms with Gasteiger partial charge in [-0.25, -0.2) is 13.8 Å². The van der Waals surface area contributed by atoms with Gasteiger partial charge in [0, 0.05) is 51.0 Å². The molecule has 1 amide bonds. The average molecular weight is 406 g/mol. The molecule has 1 saturated heterocycles. The fraction of sp³-hybridized carbons (Fsp3) is 0.524. The van der Waals surface area contributed by atoms with E-state index in [9.17, 15) is 13.6 Å². The molecule has 1 aliphatic heterocycles. The van der Waals surface area contributed by atoms with Crippen molar-refractivity contribution in [3.05, 3.63) is 53.6 Å². The van der Waals surface area contributed by atoms with Crippen LogP contribution in [0.3, 0.4) is 0 Å². The van der Waals surface area contributed by atoms with Gasteiger partial charge in [-0.05, 0) is 17.7 Å². The minimum atomic E-state index is -0.869. The molecule has 1 fully saturated rings. The van der Waals surface area contributed by atoms with E-state index in [-0.39, 0.29) is 11.8 Å². The summed E-state index contributed by atoms with van der Waals surface area (Å²) in [6, 6.07) is 3.87. The zero-order valence-corrected chi connectivity index (χ0v) is 17.0. The zero-order chi connectivity index (χ0) is 20.8. The lowest BCUT2D eigenvalue weighted by Gasteiger charge is -2.30. The lowest BCUT2D eigenvalue weighted by Crippen LogP contribution is -2.44. The number of morpholine rings is 1.